The summed E-state index contributed by atoms with van der Waals surface area (Å²) in [4.78, 5) is 11.8. The van der Waals surface area contributed by atoms with Gasteiger partial charge < -0.3 is 5.32 Å². The van der Waals surface area contributed by atoms with Gasteiger partial charge in [-0.15, -0.1) is 0 Å². The minimum absolute atomic E-state index is 0.191. The molecule has 0 aromatic heterocycles. The van der Waals surface area contributed by atoms with Crippen LogP contribution in [0.5, 0.6) is 0 Å². The third kappa shape index (κ3) is 2.98. The topological polar surface area (TPSA) is 52.9 Å². The second kappa shape index (κ2) is 5.53. The molecule has 3 nitrogen and oxygen atoms in total. The van der Waals surface area contributed by atoms with E-state index >= 15 is 0 Å². The van der Waals surface area contributed by atoms with Crippen molar-refractivity contribution in [2.45, 2.75) is 13.8 Å². The molecule has 0 saturated carbocycles. The van der Waals surface area contributed by atoms with Crippen molar-refractivity contribution in [2.75, 3.05) is 6.54 Å². The van der Waals surface area contributed by atoms with Gasteiger partial charge in [0.1, 0.15) is 0 Å². The number of nitrogens with zero attached hydrogens (tertiary/aromatic N) is 1. The van der Waals surface area contributed by atoms with E-state index in [1.807, 2.05) is 0 Å². The number of carbonyl (C=O) groups excluding carboxylic acids is 1. The van der Waals surface area contributed by atoms with E-state index in [-0.39, 0.29) is 11.8 Å². The minimum atomic E-state index is -0.192. The van der Waals surface area contributed by atoms with Crippen LogP contribution in [0.2, 0.25) is 5.02 Å². The van der Waals surface area contributed by atoms with Crippen molar-refractivity contribution in [3.63, 3.8) is 0 Å². The van der Waals surface area contributed by atoms with Gasteiger partial charge in [0.25, 0.3) is 5.91 Å². The zero-order chi connectivity index (χ0) is 12.1. The second-order valence-corrected chi connectivity index (χ2v) is 4.06. The Kier molecular flexibility index (Phi) is 4.33. The lowest BCUT2D eigenvalue weighted by Crippen LogP contribution is -2.28. The Hall–Kier alpha value is -1.53. The van der Waals surface area contributed by atoms with E-state index in [9.17, 15) is 4.79 Å². The molecule has 0 aliphatic heterocycles. The van der Waals surface area contributed by atoms with Crippen molar-refractivity contribution in [3.8, 4) is 6.07 Å². The fourth-order valence-electron chi connectivity index (χ4n) is 1.24. The number of benzene rings is 1. The molecule has 0 aliphatic rings. The van der Waals surface area contributed by atoms with Gasteiger partial charge in [-0.1, -0.05) is 17.7 Å². The Balaban J connectivity index is 2.75. The number of rotatable bonds is 3. The number of hydrogen-bond donors (Lipinski definition) is 1. The molecule has 0 saturated heterocycles. The molecule has 1 aromatic rings. The van der Waals surface area contributed by atoms with Gasteiger partial charge in [-0.2, -0.15) is 5.26 Å². The van der Waals surface area contributed by atoms with Crippen LogP contribution in [-0.2, 0) is 0 Å². The van der Waals surface area contributed by atoms with Crippen molar-refractivity contribution in [1.29, 1.82) is 5.26 Å². The van der Waals surface area contributed by atoms with Gasteiger partial charge in [-0.05, 0) is 31.5 Å². The van der Waals surface area contributed by atoms with Crippen LogP contribution in [0.25, 0.3) is 0 Å². The molecule has 1 N–H and O–H groups in total. The fraction of sp³-hybridized carbons (Fsp3) is 0.333. The molecular weight excluding hydrogens is 224 g/mol. The maximum absolute atomic E-state index is 11.8. The molecular formula is C12H13ClN2O. The minimum Gasteiger partial charge on any atom is -0.351 e. The first-order valence-electron chi connectivity index (χ1n) is 4.99. The van der Waals surface area contributed by atoms with E-state index in [2.05, 4.69) is 11.4 Å². The van der Waals surface area contributed by atoms with Crippen molar-refractivity contribution >= 4 is 17.5 Å². The monoisotopic (exact) mass is 236 g/mol. The summed E-state index contributed by atoms with van der Waals surface area (Å²) < 4.78 is 0. The summed E-state index contributed by atoms with van der Waals surface area (Å²) in [7, 11) is 0. The van der Waals surface area contributed by atoms with Crippen LogP contribution in [-0.4, -0.2) is 12.5 Å². The molecule has 0 fully saturated rings. The summed E-state index contributed by atoms with van der Waals surface area (Å²) in [6.07, 6.45) is 0. The average Bonchev–Trinajstić information content (AvgIpc) is 2.29. The molecule has 84 valence electrons. The van der Waals surface area contributed by atoms with Gasteiger partial charge in [0.15, 0.2) is 0 Å². The van der Waals surface area contributed by atoms with Crippen LogP contribution in [0, 0.1) is 24.2 Å². The summed E-state index contributed by atoms with van der Waals surface area (Å²) in [5.41, 5.74) is 1.31. The van der Waals surface area contributed by atoms with Gasteiger partial charge >= 0.3 is 0 Å². The van der Waals surface area contributed by atoms with Crippen molar-refractivity contribution in [2.24, 2.45) is 5.92 Å². The maximum atomic E-state index is 11.8. The predicted octanol–water partition coefficient (Wildman–Crippen LogP) is 2.54. The molecule has 1 amide bonds. The molecule has 1 rings (SSSR count). The van der Waals surface area contributed by atoms with Gasteiger partial charge in [-0.25, -0.2) is 0 Å². The first-order chi connectivity index (χ1) is 7.56. The number of nitrogens with one attached hydrogen (secondary N) is 1. The number of carbonyl (C=O) groups is 1. The molecule has 1 atom stereocenters. The summed E-state index contributed by atoms with van der Waals surface area (Å²) in [6, 6.07) is 7.25. The fourth-order valence-corrected chi connectivity index (χ4v) is 1.41. The molecule has 0 heterocycles. The third-order valence-corrected chi connectivity index (χ3v) is 2.71. The molecule has 0 radical (unpaired) electrons. The van der Waals surface area contributed by atoms with Crippen molar-refractivity contribution < 1.29 is 4.79 Å². The number of amides is 1. The van der Waals surface area contributed by atoms with Crippen LogP contribution in [0.15, 0.2) is 18.2 Å². The smallest absolute Gasteiger partial charge is 0.251 e. The van der Waals surface area contributed by atoms with Crippen LogP contribution >= 0.6 is 11.6 Å². The average molecular weight is 237 g/mol. The normalized spacial score (nSPS) is 11.6. The highest BCUT2D eigenvalue weighted by molar-refractivity contribution is 6.31. The van der Waals surface area contributed by atoms with E-state index in [0.717, 1.165) is 5.56 Å². The lowest BCUT2D eigenvalue weighted by atomic mass is 10.1. The Bertz CT molecular complexity index is 437. The highest BCUT2D eigenvalue weighted by atomic mass is 35.5. The first kappa shape index (κ1) is 12.5. The number of halogens is 1. The van der Waals surface area contributed by atoms with Crippen molar-refractivity contribution in [3.05, 3.63) is 34.3 Å². The van der Waals surface area contributed by atoms with E-state index < -0.39 is 0 Å². The summed E-state index contributed by atoms with van der Waals surface area (Å²) >= 11 is 5.92. The van der Waals surface area contributed by atoms with Crippen LogP contribution in [0.1, 0.15) is 22.8 Å². The van der Waals surface area contributed by atoms with Crippen LogP contribution < -0.4 is 5.32 Å². The van der Waals surface area contributed by atoms with Crippen molar-refractivity contribution in [1.82, 2.24) is 5.32 Å². The lowest BCUT2D eigenvalue weighted by Gasteiger charge is -2.09. The molecule has 1 unspecified atom stereocenters. The molecule has 16 heavy (non-hydrogen) atoms. The number of nitriles is 1. The summed E-state index contributed by atoms with van der Waals surface area (Å²) in [5.74, 6) is -0.384. The highest BCUT2D eigenvalue weighted by Crippen LogP contribution is 2.18. The third-order valence-electron chi connectivity index (χ3n) is 2.30. The van der Waals surface area contributed by atoms with Crippen LogP contribution in [0.4, 0.5) is 0 Å². The summed E-state index contributed by atoms with van der Waals surface area (Å²) in [5, 5.41) is 11.9. The zero-order valence-corrected chi connectivity index (χ0v) is 10.0. The quantitative estimate of drug-likeness (QED) is 0.877. The first-order valence-corrected chi connectivity index (χ1v) is 5.37. The Morgan fingerprint density at radius 2 is 2.31 bits per heavy atom. The number of hydrogen-bond acceptors (Lipinski definition) is 2. The van der Waals surface area contributed by atoms with Gasteiger partial charge in [0, 0.05) is 17.1 Å². The Labute approximate surface area is 100 Å². The van der Waals surface area contributed by atoms with Gasteiger partial charge in [0.05, 0.1) is 12.0 Å². The lowest BCUT2D eigenvalue weighted by molar-refractivity contribution is 0.0950. The highest BCUT2D eigenvalue weighted by Gasteiger charge is 2.11. The summed E-state index contributed by atoms with van der Waals surface area (Å²) in [6.45, 7) is 3.90. The Morgan fingerprint density at radius 1 is 1.62 bits per heavy atom. The van der Waals surface area contributed by atoms with Crippen LogP contribution in [0.3, 0.4) is 0 Å². The second-order valence-electron chi connectivity index (χ2n) is 3.65. The molecule has 4 heteroatoms. The molecule has 0 bridgehead atoms. The predicted molar refractivity (Wildman–Crippen MR) is 63.3 cm³/mol. The van der Waals surface area contributed by atoms with E-state index in [0.29, 0.717) is 17.1 Å². The zero-order valence-electron chi connectivity index (χ0n) is 9.25. The van der Waals surface area contributed by atoms with Gasteiger partial charge in [-0.3, -0.25) is 4.79 Å². The molecule has 1 aromatic carbocycles. The van der Waals surface area contributed by atoms with Gasteiger partial charge in [0.2, 0.25) is 0 Å². The Morgan fingerprint density at radius 3 is 2.94 bits per heavy atom. The largest absolute Gasteiger partial charge is 0.351 e. The standard InChI is InChI=1S/C12H13ClN2O/c1-8(6-14)7-15-12(16)10-4-3-5-11(13)9(10)2/h3-5,8H,7H2,1-2H3,(H,15,16). The van der Waals surface area contributed by atoms with E-state index in [1.165, 1.54) is 0 Å². The molecule has 0 aliphatic carbocycles. The SMILES string of the molecule is Cc1c(Cl)cccc1C(=O)NCC(C)C#N. The molecule has 0 spiro atoms. The van der Waals surface area contributed by atoms with E-state index in [1.54, 1.807) is 32.0 Å². The maximum Gasteiger partial charge on any atom is 0.251 e. The van der Waals surface area contributed by atoms with E-state index in [4.69, 9.17) is 16.9 Å².